The molecule has 0 radical (unpaired) electrons. The van der Waals surface area contributed by atoms with Crippen LogP contribution in [0.3, 0.4) is 0 Å². The zero-order valence-electron chi connectivity index (χ0n) is 16.1. The molecule has 1 aliphatic rings. The minimum atomic E-state index is -0.739. The van der Waals surface area contributed by atoms with Crippen LogP contribution in [0.1, 0.15) is 78.1 Å². The maximum atomic E-state index is 11.7. The maximum Gasteiger partial charge on any atom is 0.306 e. The van der Waals surface area contributed by atoms with E-state index in [0.29, 0.717) is 0 Å². The summed E-state index contributed by atoms with van der Waals surface area (Å²) in [5, 5.41) is 3.44. The van der Waals surface area contributed by atoms with Gasteiger partial charge in [0.05, 0.1) is 11.4 Å². The Kier molecular flexibility index (Phi) is 7.60. The number of carbonyl (C=O) groups excluding carboxylic acids is 1. The molecule has 4 heteroatoms. The summed E-state index contributed by atoms with van der Waals surface area (Å²) in [6.45, 7) is 3.74. The molecule has 0 aromatic heterocycles. The molecule has 1 aliphatic heterocycles. The van der Waals surface area contributed by atoms with E-state index >= 15 is 0 Å². The van der Waals surface area contributed by atoms with Gasteiger partial charge in [-0.05, 0) is 18.6 Å². The molecule has 2 rings (SSSR count). The second kappa shape index (κ2) is 9.69. The number of nitrogens with one attached hydrogen (secondary N) is 1. The van der Waals surface area contributed by atoms with Crippen molar-refractivity contribution in [3.8, 4) is 0 Å². The van der Waals surface area contributed by atoms with Crippen LogP contribution in [-0.2, 0) is 9.53 Å². The molecular weight excluding hydrogens is 312 g/mol. The minimum Gasteiger partial charge on any atom is -0.420 e. The van der Waals surface area contributed by atoms with Gasteiger partial charge in [0, 0.05) is 20.4 Å². The predicted octanol–water partition coefficient (Wildman–Crippen LogP) is 5.69. The van der Waals surface area contributed by atoms with E-state index in [-0.39, 0.29) is 5.97 Å². The molecule has 0 amide bonds. The summed E-state index contributed by atoms with van der Waals surface area (Å²) in [4.78, 5) is 13.7. The van der Waals surface area contributed by atoms with Gasteiger partial charge in [-0.1, -0.05) is 70.4 Å². The second-order valence-electron chi connectivity index (χ2n) is 7.16. The van der Waals surface area contributed by atoms with Crippen molar-refractivity contribution in [2.24, 2.45) is 0 Å². The van der Waals surface area contributed by atoms with Gasteiger partial charge in [-0.15, -0.1) is 0 Å². The summed E-state index contributed by atoms with van der Waals surface area (Å²) in [6.07, 6.45) is 12.4. The monoisotopic (exact) mass is 346 g/mol. The number of hydrogen-bond acceptors (Lipinski definition) is 4. The number of carbonyl (C=O) groups is 1. The van der Waals surface area contributed by atoms with Gasteiger partial charge >= 0.3 is 5.97 Å². The van der Waals surface area contributed by atoms with Gasteiger partial charge in [0.1, 0.15) is 0 Å². The summed E-state index contributed by atoms with van der Waals surface area (Å²) >= 11 is 0. The molecule has 0 aliphatic carbocycles. The van der Waals surface area contributed by atoms with E-state index < -0.39 is 5.85 Å². The molecule has 1 N–H and O–H groups in total. The first-order valence-corrected chi connectivity index (χ1v) is 9.89. The fourth-order valence-corrected chi connectivity index (χ4v) is 3.65. The van der Waals surface area contributed by atoms with Crippen molar-refractivity contribution in [2.75, 3.05) is 17.3 Å². The van der Waals surface area contributed by atoms with E-state index in [1.54, 1.807) is 0 Å². The van der Waals surface area contributed by atoms with Crippen molar-refractivity contribution in [1.29, 1.82) is 0 Å². The molecule has 1 unspecified atom stereocenters. The van der Waals surface area contributed by atoms with Crippen LogP contribution in [0.25, 0.3) is 0 Å². The minimum absolute atomic E-state index is 0.247. The van der Waals surface area contributed by atoms with Gasteiger partial charge < -0.3 is 15.0 Å². The number of hydrogen-bond donors (Lipinski definition) is 1. The van der Waals surface area contributed by atoms with Crippen molar-refractivity contribution in [1.82, 2.24) is 0 Å². The average molecular weight is 347 g/mol. The quantitative estimate of drug-likeness (QED) is 0.413. The Labute approximate surface area is 152 Å². The molecule has 0 saturated heterocycles. The fraction of sp³-hybridized carbons (Fsp3) is 0.667. The molecule has 0 bridgehead atoms. The summed E-state index contributed by atoms with van der Waals surface area (Å²) in [5.41, 5.74) is 2.11. The van der Waals surface area contributed by atoms with Crippen molar-refractivity contribution < 1.29 is 9.53 Å². The van der Waals surface area contributed by atoms with E-state index in [1.165, 1.54) is 58.3 Å². The fourth-order valence-electron chi connectivity index (χ4n) is 3.65. The number of ether oxygens (including phenoxy) is 1. The number of unbranched alkanes of at least 4 members (excludes halogenated alkanes) is 8. The van der Waals surface area contributed by atoms with Crippen molar-refractivity contribution in [3.63, 3.8) is 0 Å². The average Bonchev–Trinajstić information content (AvgIpc) is 2.85. The Balaban J connectivity index is 1.79. The van der Waals surface area contributed by atoms with Crippen LogP contribution in [0.15, 0.2) is 24.3 Å². The third kappa shape index (κ3) is 5.38. The lowest BCUT2D eigenvalue weighted by atomic mass is 10.0. The zero-order chi connectivity index (χ0) is 18.1. The summed E-state index contributed by atoms with van der Waals surface area (Å²) in [5.74, 6) is -0.987. The van der Waals surface area contributed by atoms with Crippen LogP contribution in [0.2, 0.25) is 0 Å². The first-order valence-electron chi connectivity index (χ1n) is 9.89. The van der Waals surface area contributed by atoms with E-state index in [9.17, 15) is 4.79 Å². The first-order chi connectivity index (χ1) is 12.1. The Morgan fingerprint density at radius 2 is 1.64 bits per heavy atom. The Morgan fingerprint density at radius 3 is 2.24 bits per heavy atom. The Morgan fingerprint density at radius 1 is 1.04 bits per heavy atom. The summed E-state index contributed by atoms with van der Waals surface area (Å²) in [7, 11) is 2.00. The van der Waals surface area contributed by atoms with Gasteiger partial charge in [-0.3, -0.25) is 4.79 Å². The number of benzene rings is 1. The molecule has 1 heterocycles. The van der Waals surface area contributed by atoms with Crippen LogP contribution in [0.5, 0.6) is 0 Å². The number of para-hydroxylation sites is 2. The highest BCUT2D eigenvalue weighted by Gasteiger charge is 2.43. The molecule has 140 valence electrons. The topological polar surface area (TPSA) is 41.6 Å². The third-order valence-corrected chi connectivity index (χ3v) is 5.07. The number of fused-ring (bicyclic) bond motifs is 1. The molecule has 0 spiro atoms. The van der Waals surface area contributed by atoms with E-state index in [0.717, 1.165) is 24.2 Å². The molecule has 1 atom stereocenters. The first kappa shape index (κ1) is 19.6. The number of esters is 1. The van der Waals surface area contributed by atoms with Gasteiger partial charge in [-0.25, -0.2) is 0 Å². The van der Waals surface area contributed by atoms with Crippen LogP contribution >= 0.6 is 0 Å². The van der Waals surface area contributed by atoms with Gasteiger partial charge in [0.15, 0.2) is 0 Å². The second-order valence-corrected chi connectivity index (χ2v) is 7.16. The van der Waals surface area contributed by atoms with Crippen molar-refractivity contribution >= 4 is 17.3 Å². The maximum absolute atomic E-state index is 11.7. The highest BCUT2D eigenvalue weighted by Crippen LogP contribution is 2.41. The molecule has 25 heavy (non-hydrogen) atoms. The molecule has 0 fully saturated rings. The smallest absolute Gasteiger partial charge is 0.306 e. The lowest BCUT2D eigenvalue weighted by Gasteiger charge is -2.36. The third-order valence-electron chi connectivity index (χ3n) is 5.07. The van der Waals surface area contributed by atoms with Crippen LogP contribution in [-0.4, -0.2) is 18.9 Å². The highest BCUT2D eigenvalue weighted by molar-refractivity contribution is 5.78. The van der Waals surface area contributed by atoms with Crippen LogP contribution < -0.4 is 10.2 Å². The predicted molar refractivity (Wildman–Crippen MR) is 105 cm³/mol. The lowest BCUT2D eigenvalue weighted by molar-refractivity contribution is -0.154. The van der Waals surface area contributed by atoms with Gasteiger partial charge in [0.25, 0.3) is 5.85 Å². The van der Waals surface area contributed by atoms with Gasteiger partial charge in [0.2, 0.25) is 0 Å². The molecule has 4 nitrogen and oxygen atoms in total. The molecule has 1 aromatic carbocycles. The number of rotatable bonds is 11. The standard InChI is InChI=1S/C21H34N2O2/c1-4-5-6-7-8-9-10-11-14-17-21(25-18(2)24)22-19-15-12-13-16-20(19)23(21)3/h12-13,15-16,22H,4-11,14,17H2,1-3H3. The zero-order valence-corrected chi connectivity index (χ0v) is 16.1. The Bertz CT molecular complexity index is 546. The van der Waals surface area contributed by atoms with Gasteiger partial charge in [-0.2, -0.15) is 0 Å². The summed E-state index contributed by atoms with van der Waals surface area (Å²) < 4.78 is 5.74. The largest absolute Gasteiger partial charge is 0.420 e. The summed E-state index contributed by atoms with van der Waals surface area (Å²) in [6, 6.07) is 8.11. The molecule has 0 saturated carbocycles. The van der Waals surface area contributed by atoms with E-state index in [2.05, 4.69) is 23.2 Å². The normalized spacial score (nSPS) is 18.8. The van der Waals surface area contributed by atoms with Crippen LogP contribution in [0, 0.1) is 0 Å². The molecule has 1 aromatic rings. The lowest BCUT2D eigenvalue weighted by Crippen LogP contribution is -2.52. The molecular formula is C21H34N2O2. The van der Waals surface area contributed by atoms with Crippen molar-refractivity contribution in [2.45, 2.75) is 83.9 Å². The Hall–Kier alpha value is -1.71. The van der Waals surface area contributed by atoms with Crippen LogP contribution in [0.4, 0.5) is 11.4 Å². The van der Waals surface area contributed by atoms with Crippen molar-refractivity contribution in [3.05, 3.63) is 24.3 Å². The number of anilines is 2. The number of nitrogens with zero attached hydrogens (tertiary/aromatic N) is 1. The van der Waals surface area contributed by atoms with E-state index in [1.807, 2.05) is 25.2 Å². The highest BCUT2D eigenvalue weighted by atomic mass is 16.6. The SMILES string of the molecule is CCCCCCCCCCCC1(OC(C)=O)Nc2ccccc2N1C. The van der Waals surface area contributed by atoms with E-state index in [4.69, 9.17) is 4.74 Å².